The maximum absolute atomic E-state index is 12.2. The van der Waals surface area contributed by atoms with Crippen molar-refractivity contribution in [1.29, 1.82) is 0 Å². The molecule has 0 radical (unpaired) electrons. The fourth-order valence-electron chi connectivity index (χ4n) is 2.79. The van der Waals surface area contributed by atoms with Gasteiger partial charge in [-0.1, -0.05) is 30.3 Å². The Hall–Kier alpha value is -3.61. The van der Waals surface area contributed by atoms with E-state index in [0.29, 0.717) is 18.9 Å². The SMILES string of the molecule is COc1ccc(CCNC(=O)c2ccc(NCc3ccccc3OC)nn2)cc1. The van der Waals surface area contributed by atoms with Gasteiger partial charge < -0.3 is 20.1 Å². The van der Waals surface area contributed by atoms with E-state index in [9.17, 15) is 4.79 Å². The lowest BCUT2D eigenvalue weighted by Crippen LogP contribution is -2.26. The minimum Gasteiger partial charge on any atom is -0.497 e. The molecule has 1 amide bonds. The number of nitrogens with one attached hydrogen (secondary N) is 2. The van der Waals surface area contributed by atoms with Gasteiger partial charge in [0.2, 0.25) is 0 Å². The van der Waals surface area contributed by atoms with Crippen molar-refractivity contribution in [2.45, 2.75) is 13.0 Å². The molecule has 0 aliphatic heterocycles. The van der Waals surface area contributed by atoms with Crippen LogP contribution in [0.2, 0.25) is 0 Å². The highest BCUT2D eigenvalue weighted by Crippen LogP contribution is 2.18. The van der Waals surface area contributed by atoms with Crippen LogP contribution in [0.15, 0.2) is 60.7 Å². The summed E-state index contributed by atoms with van der Waals surface area (Å²) in [5.41, 5.74) is 2.41. The third-order valence-electron chi connectivity index (χ3n) is 4.41. The van der Waals surface area contributed by atoms with E-state index in [4.69, 9.17) is 9.47 Å². The highest BCUT2D eigenvalue weighted by molar-refractivity contribution is 5.92. The Kier molecular flexibility index (Phi) is 7.00. The van der Waals surface area contributed by atoms with E-state index < -0.39 is 0 Å². The molecule has 0 spiro atoms. The lowest BCUT2D eigenvalue weighted by Gasteiger charge is -2.10. The molecule has 0 atom stereocenters. The van der Waals surface area contributed by atoms with E-state index in [0.717, 1.165) is 29.0 Å². The number of methoxy groups -OCH3 is 2. The number of hydrogen-bond acceptors (Lipinski definition) is 6. The molecule has 1 heterocycles. The van der Waals surface area contributed by atoms with Crippen molar-refractivity contribution in [3.63, 3.8) is 0 Å². The molecule has 29 heavy (non-hydrogen) atoms. The van der Waals surface area contributed by atoms with Crippen molar-refractivity contribution in [2.75, 3.05) is 26.1 Å². The Morgan fingerprint density at radius 1 is 0.931 bits per heavy atom. The standard InChI is InChI=1S/C22H24N4O3/c1-28-18-9-7-16(8-10-18)13-14-23-22(27)19-11-12-21(26-25-19)24-15-17-5-3-4-6-20(17)29-2/h3-12H,13-15H2,1-2H3,(H,23,27)(H,24,26). The van der Waals surface area contributed by atoms with Gasteiger partial charge in [0.05, 0.1) is 14.2 Å². The monoisotopic (exact) mass is 392 g/mol. The predicted molar refractivity (Wildman–Crippen MR) is 111 cm³/mol. The summed E-state index contributed by atoms with van der Waals surface area (Å²) in [6.07, 6.45) is 0.724. The second-order valence-electron chi connectivity index (χ2n) is 6.32. The molecule has 0 saturated carbocycles. The molecule has 7 heteroatoms. The lowest BCUT2D eigenvalue weighted by atomic mass is 10.1. The summed E-state index contributed by atoms with van der Waals surface area (Å²) in [5.74, 6) is 1.96. The van der Waals surface area contributed by atoms with E-state index in [2.05, 4.69) is 20.8 Å². The molecule has 0 aliphatic carbocycles. The quantitative estimate of drug-likeness (QED) is 0.582. The van der Waals surface area contributed by atoms with Crippen LogP contribution in [0.5, 0.6) is 11.5 Å². The molecule has 1 aromatic heterocycles. The highest BCUT2D eigenvalue weighted by atomic mass is 16.5. The number of nitrogens with zero attached hydrogens (tertiary/aromatic N) is 2. The molecule has 0 aliphatic rings. The zero-order chi connectivity index (χ0) is 20.5. The van der Waals surface area contributed by atoms with Crippen LogP contribution in [0.3, 0.4) is 0 Å². The molecule has 2 N–H and O–H groups in total. The molecule has 7 nitrogen and oxygen atoms in total. The lowest BCUT2D eigenvalue weighted by molar-refractivity contribution is 0.0948. The Morgan fingerprint density at radius 3 is 2.41 bits per heavy atom. The minimum absolute atomic E-state index is 0.248. The Labute approximate surface area is 170 Å². The fraction of sp³-hybridized carbons (Fsp3) is 0.227. The molecule has 0 fully saturated rings. The molecule has 2 aromatic carbocycles. The average Bonchev–Trinajstić information content (AvgIpc) is 2.78. The van der Waals surface area contributed by atoms with Gasteiger partial charge in [0.15, 0.2) is 5.69 Å². The van der Waals surface area contributed by atoms with E-state index in [-0.39, 0.29) is 11.6 Å². The predicted octanol–water partition coefficient (Wildman–Crippen LogP) is 3.08. The van der Waals surface area contributed by atoms with Crippen LogP contribution in [0, 0.1) is 0 Å². The summed E-state index contributed by atoms with van der Waals surface area (Å²) < 4.78 is 10.5. The third-order valence-corrected chi connectivity index (χ3v) is 4.41. The molecular weight excluding hydrogens is 368 g/mol. The smallest absolute Gasteiger partial charge is 0.271 e. The molecule has 150 valence electrons. The summed E-state index contributed by atoms with van der Waals surface area (Å²) in [4.78, 5) is 12.2. The van der Waals surface area contributed by atoms with Gasteiger partial charge in [-0.2, -0.15) is 0 Å². The first kappa shape index (κ1) is 20.1. The number of amides is 1. The van der Waals surface area contributed by atoms with Gasteiger partial charge >= 0.3 is 0 Å². The van der Waals surface area contributed by atoms with E-state index in [1.165, 1.54) is 0 Å². The van der Waals surface area contributed by atoms with Gasteiger partial charge in [0, 0.05) is 18.7 Å². The zero-order valence-corrected chi connectivity index (χ0v) is 16.5. The molecule has 3 rings (SSSR count). The van der Waals surface area contributed by atoms with Crippen molar-refractivity contribution in [3.05, 3.63) is 77.5 Å². The Bertz CT molecular complexity index is 928. The van der Waals surface area contributed by atoms with E-state index in [1.807, 2.05) is 48.5 Å². The Morgan fingerprint density at radius 2 is 1.72 bits per heavy atom. The number of para-hydroxylation sites is 1. The summed E-state index contributed by atoms with van der Waals surface area (Å²) in [6.45, 7) is 1.06. The largest absolute Gasteiger partial charge is 0.497 e. The molecule has 0 saturated heterocycles. The second kappa shape index (κ2) is 10.1. The number of aromatic nitrogens is 2. The number of rotatable bonds is 9. The van der Waals surface area contributed by atoms with Crippen LogP contribution in [-0.4, -0.2) is 36.9 Å². The van der Waals surface area contributed by atoms with Crippen molar-refractivity contribution in [2.24, 2.45) is 0 Å². The first-order valence-electron chi connectivity index (χ1n) is 9.30. The van der Waals surface area contributed by atoms with Crippen molar-refractivity contribution in [1.82, 2.24) is 15.5 Å². The topological polar surface area (TPSA) is 85.4 Å². The summed E-state index contributed by atoms with van der Waals surface area (Å²) >= 11 is 0. The summed E-state index contributed by atoms with van der Waals surface area (Å²) in [5, 5.41) is 14.1. The van der Waals surface area contributed by atoms with Crippen LogP contribution >= 0.6 is 0 Å². The summed E-state index contributed by atoms with van der Waals surface area (Å²) in [7, 11) is 3.27. The first-order valence-corrected chi connectivity index (χ1v) is 9.30. The van der Waals surface area contributed by atoms with E-state index in [1.54, 1.807) is 26.4 Å². The van der Waals surface area contributed by atoms with Crippen molar-refractivity contribution in [3.8, 4) is 11.5 Å². The summed E-state index contributed by atoms with van der Waals surface area (Å²) in [6, 6.07) is 18.9. The number of hydrogen-bond donors (Lipinski definition) is 2. The van der Waals surface area contributed by atoms with Gasteiger partial charge in [0.25, 0.3) is 5.91 Å². The van der Waals surface area contributed by atoms with Crippen LogP contribution < -0.4 is 20.1 Å². The fourth-order valence-corrected chi connectivity index (χ4v) is 2.79. The zero-order valence-electron chi connectivity index (χ0n) is 16.5. The maximum atomic E-state index is 12.2. The van der Waals surface area contributed by atoms with Crippen molar-refractivity contribution < 1.29 is 14.3 Å². The van der Waals surface area contributed by atoms with Gasteiger partial charge in [0.1, 0.15) is 17.3 Å². The third kappa shape index (κ3) is 5.68. The number of ether oxygens (including phenoxy) is 2. The Balaban J connectivity index is 1.48. The number of anilines is 1. The normalized spacial score (nSPS) is 10.3. The van der Waals surface area contributed by atoms with E-state index >= 15 is 0 Å². The number of carbonyl (C=O) groups is 1. The number of benzene rings is 2. The van der Waals surface area contributed by atoms with Gasteiger partial charge in [-0.25, -0.2) is 0 Å². The second-order valence-corrected chi connectivity index (χ2v) is 6.32. The van der Waals surface area contributed by atoms with Gasteiger partial charge in [-0.3, -0.25) is 4.79 Å². The molecule has 3 aromatic rings. The first-order chi connectivity index (χ1) is 14.2. The van der Waals surface area contributed by atoms with Gasteiger partial charge in [-0.15, -0.1) is 10.2 Å². The van der Waals surface area contributed by atoms with Crippen LogP contribution in [0.25, 0.3) is 0 Å². The van der Waals surface area contributed by atoms with Crippen molar-refractivity contribution >= 4 is 11.7 Å². The highest BCUT2D eigenvalue weighted by Gasteiger charge is 2.08. The van der Waals surface area contributed by atoms with Crippen LogP contribution in [0.1, 0.15) is 21.6 Å². The van der Waals surface area contributed by atoms with Gasteiger partial charge in [-0.05, 0) is 42.3 Å². The molecule has 0 bridgehead atoms. The minimum atomic E-state index is -0.248. The maximum Gasteiger partial charge on any atom is 0.271 e. The number of carbonyl (C=O) groups excluding carboxylic acids is 1. The van der Waals surface area contributed by atoms with Crippen LogP contribution in [0.4, 0.5) is 5.82 Å². The van der Waals surface area contributed by atoms with Crippen LogP contribution in [-0.2, 0) is 13.0 Å². The average molecular weight is 392 g/mol. The molecular formula is C22H24N4O3. The molecule has 0 unspecified atom stereocenters.